The molecule has 1 unspecified atom stereocenters. The van der Waals surface area contributed by atoms with E-state index in [0.29, 0.717) is 19.3 Å². The maximum Gasteiger partial charge on any atom is 0.306 e. The molecule has 75 heavy (non-hydrogen) atoms. The topological polar surface area (TPSA) is 78.9 Å². The molecule has 0 saturated heterocycles. The molecule has 0 aromatic carbocycles. The molecule has 0 amide bonds. The minimum absolute atomic E-state index is 0.0664. The van der Waals surface area contributed by atoms with Crippen molar-refractivity contribution in [3.05, 3.63) is 12.2 Å². The van der Waals surface area contributed by atoms with Crippen LogP contribution in [0.25, 0.3) is 0 Å². The number of carbonyl (C=O) groups excluding carboxylic acids is 3. The predicted octanol–water partition coefficient (Wildman–Crippen LogP) is 23.2. The van der Waals surface area contributed by atoms with Gasteiger partial charge >= 0.3 is 17.9 Å². The van der Waals surface area contributed by atoms with Gasteiger partial charge in [0, 0.05) is 19.3 Å². The largest absolute Gasteiger partial charge is 0.462 e. The van der Waals surface area contributed by atoms with Gasteiger partial charge in [0.15, 0.2) is 6.10 Å². The monoisotopic (exact) mass is 1060 g/mol. The second-order valence-corrected chi connectivity index (χ2v) is 23.5. The highest BCUT2D eigenvalue weighted by atomic mass is 16.6. The Labute approximate surface area is 469 Å². The van der Waals surface area contributed by atoms with Gasteiger partial charge in [-0.15, -0.1) is 0 Å². The van der Waals surface area contributed by atoms with Gasteiger partial charge in [-0.25, -0.2) is 0 Å². The van der Waals surface area contributed by atoms with E-state index in [2.05, 4.69) is 32.9 Å². The Morgan fingerprint density at radius 3 is 0.707 bits per heavy atom. The van der Waals surface area contributed by atoms with E-state index < -0.39 is 6.10 Å². The average Bonchev–Trinajstić information content (AvgIpc) is 3.41. The Bertz CT molecular complexity index is 1170. The van der Waals surface area contributed by atoms with Gasteiger partial charge in [-0.1, -0.05) is 348 Å². The molecule has 0 aromatic rings. The van der Waals surface area contributed by atoms with Crippen molar-refractivity contribution in [1.29, 1.82) is 0 Å². The summed E-state index contributed by atoms with van der Waals surface area (Å²) >= 11 is 0. The average molecular weight is 1060 g/mol. The van der Waals surface area contributed by atoms with E-state index in [-0.39, 0.29) is 31.1 Å². The number of esters is 3. The van der Waals surface area contributed by atoms with Crippen molar-refractivity contribution >= 4 is 17.9 Å². The zero-order valence-corrected chi connectivity index (χ0v) is 51.1. The van der Waals surface area contributed by atoms with Crippen molar-refractivity contribution in [3.63, 3.8) is 0 Å². The highest BCUT2D eigenvalue weighted by Gasteiger charge is 2.19. The zero-order valence-electron chi connectivity index (χ0n) is 51.1. The van der Waals surface area contributed by atoms with Gasteiger partial charge in [-0.3, -0.25) is 14.4 Å². The van der Waals surface area contributed by atoms with Gasteiger partial charge < -0.3 is 14.2 Å². The molecular weight excluding hydrogens is 925 g/mol. The van der Waals surface area contributed by atoms with E-state index in [4.69, 9.17) is 14.2 Å². The fourth-order valence-electron chi connectivity index (χ4n) is 10.6. The van der Waals surface area contributed by atoms with Crippen LogP contribution in [0.1, 0.15) is 393 Å². The first-order valence-corrected chi connectivity index (χ1v) is 34.2. The van der Waals surface area contributed by atoms with Crippen LogP contribution in [0.4, 0.5) is 0 Å². The van der Waals surface area contributed by atoms with Gasteiger partial charge in [-0.2, -0.15) is 0 Å². The lowest BCUT2D eigenvalue weighted by molar-refractivity contribution is -0.167. The molecule has 0 fully saturated rings. The first-order valence-electron chi connectivity index (χ1n) is 34.2. The Balaban J connectivity index is 4.01. The fraction of sp³-hybridized carbons (Fsp3) is 0.928. The van der Waals surface area contributed by atoms with E-state index in [1.807, 2.05) is 0 Å². The van der Waals surface area contributed by atoms with Crippen LogP contribution in [0.15, 0.2) is 12.2 Å². The molecular formula is C69H132O6. The van der Waals surface area contributed by atoms with Crippen molar-refractivity contribution in [2.24, 2.45) is 0 Å². The normalized spacial score (nSPS) is 12.0. The first-order chi connectivity index (χ1) is 37.0. The van der Waals surface area contributed by atoms with Gasteiger partial charge in [0.2, 0.25) is 0 Å². The summed E-state index contributed by atoms with van der Waals surface area (Å²) in [5, 5.41) is 0. The third-order valence-electron chi connectivity index (χ3n) is 15.8. The number of hydrogen-bond acceptors (Lipinski definition) is 6. The number of ether oxygens (including phenoxy) is 3. The van der Waals surface area contributed by atoms with Gasteiger partial charge in [-0.05, 0) is 38.5 Å². The van der Waals surface area contributed by atoms with E-state index >= 15 is 0 Å². The van der Waals surface area contributed by atoms with E-state index in [1.165, 1.54) is 289 Å². The summed E-state index contributed by atoms with van der Waals surface area (Å²) < 4.78 is 16.9. The SMILES string of the molecule is CCCC/C=C\CCCCCCCC(=O)OCC(COC(=O)CCCCCCCCCCCCCCCCCCCCCCCCCCCCCCCCCC)OC(=O)CCCCCCCCCCCCCCCC. The highest BCUT2D eigenvalue weighted by Crippen LogP contribution is 2.19. The van der Waals surface area contributed by atoms with Gasteiger partial charge in [0.1, 0.15) is 13.2 Å². The van der Waals surface area contributed by atoms with Crippen molar-refractivity contribution < 1.29 is 28.6 Å². The molecule has 0 aliphatic rings. The summed E-state index contributed by atoms with van der Waals surface area (Å²) in [5.41, 5.74) is 0. The Hall–Kier alpha value is -1.85. The minimum Gasteiger partial charge on any atom is -0.462 e. The standard InChI is InChI=1S/C69H132O6/c1-4-7-10-13-16-19-22-24-26-27-28-29-30-31-32-33-34-35-36-37-38-39-40-41-42-43-45-47-50-53-56-59-62-68(71)74-65-66(64-73-67(70)61-58-55-52-49-46-21-18-15-12-9-6-3)75-69(72)63-60-57-54-51-48-44-25-23-20-17-14-11-8-5-2/h15,18,66H,4-14,16-17,19-65H2,1-3H3/b18-15-. The van der Waals surface area contributed by atoms with Crippen LogP contribution in [0.5, 0.6) is 0 Å². The Morgan fingerprint density at radius 1 is 0.253 bits per heavy atom. The van der Waals surface area contributed by atoms with Gasteiger partial charge in [0.05, 0.1) is 0 Å². The summed E-state index contributed by atoms with van der Waals surface area (Å²) in [6.07, 6.45) is 76.9. The quantitative estimate of drug-likeness (QED) is 0.0261. The lowest BCUT2D eigenvalue weighted by Crippen LogP contribution is -2.30. The molecule has 0 aliphatic heterocycles. The highest BCUT2D eigenvalue weighted by molar-refractivity contribution is 5.71. The molecule has 6 heteroatoms. The van der Waals surface area contributed by atoms with Crippen molar-refractivity contribution in [2.45, 2.75) is 399 Å². The number of carbonyl (C=O) groups is 3. The van der Waals surface area contributed by atoms with E-state index in [0.717, 1.165) is 64.2 Å². The summed E-state index contributed by atoms with van der Waals surface area (Å²) in [5.74, 6) is -0.849. The van der Waals surface area contributed by atoms with Crippen LogP contribution in [-0.4, -0.2) is 37.2 Å². The second-order valence-electron chi connectivity index (χ2n) is 23.5. The van der Waals surface area contributed by atoms with Crippen LogP contribution in [-0.2, 0) is 28.6 Å². The van der Waals surface area contributed by atoms with Crippen molar-refractivity contribution in [1.82, 2.24) is 0 Å². The van der Waals surface area contributed by atoms with Crippen LogP contribution in [0.3, 0.4) is 0 Å². The minimum atomic E-state index is -0.768. The Morgan fingerprint density at radius 2 is 0.453 bits per heavy atom. The van der Waals surface area contributed by atoms with E-state index in [1.54, 1.807) is 0 Å². The molecule has 0 radical (unpaired) electrons. The third-order valence-corrected chi connectivity index (χ3v) is 15.8. The molecule has 0 aromatic heterocycles. The second kappa shape index (κ2) is 64.7. The molecule has 444 valence electrons. The first kappa shape index (κ1) is 73.2. The van der Waals surface area contributed by atoms with Gasteiger partial charge in [0.25, 0.3) is 0 Å². The Kier molecular flexibility index (Phi) is 63.1. The van der Waals surface area contributed by atoms with Crippen LogP contribution in [0.2, 0.25) is 0 Å². The zero-order chi connectivity index (χ0) is 54.3. The molecule has 0 heterocycles. The summed E-state index contributed by atoms with van der Waals surface area (Å²) in [6.45, 7) is 6.67. The molecule has 0 rings (SSSR count). The summed E-state index contributed by atoms with van der Waals surface area (Å²) in [7, 11) is 0. The molecule has 0 aliphatic carbocycles. The maximum absolute atomic E-state index is 12.9. The summed E-state index contributed by atoms with van der Waals surface area (Å²) in [4.78, 5) is 38.2. The van der Waals surface area contributed by atoms with Crippen molar-refractivity contribution in [3.8, 4) is 0 Å². The smallest absolute Gasteiger partial charge is 0.306 e. The molecule has 0 N–H and O–H groups in total. The van der Waals surface area contributed by atoms with Crippen LogP contribution in [0, 0.1) is 0 Å². The fourth-order valence-corrected chi connectivity index (χ4v) is 10.6. The van der Waals surface area contributed by atoms with Crippen molar-refractivity contribution in [2.75, 3.05) is 13.2 Å². The number of allylic oxidation sites excluding steroid dienone is 2. The third kappa shape index (κ3) is 62.9. The number of unbranched alkanes of at least 4 members (excludes halogenated alkanes) is 51. The van der Waals surface area contributed by atoms with E-state index in [9.17, 15) is 14.4 Å². The summed E-state index contributed by atoms with van der Waals surface area (Å²) in [6, 6.07) is 0. The maximum atomic E-state index is 12.9. The lowest BCUT2D eigenvalue weighted by Gasteiger charge is -2.18. The molecule has 0 bridgehead atoms. The predicted molar refractivity (Wildman–Crippen MR) is 326 cm³/mol. The lowest BCUT2D eigenvalue weighted by atomic mass is 10.0. The molecule has 6 nitrogen and oxygen atoms in total. The molecule has 0 spiro atoms. The number of hydrogen-bond donors (Lipinski definition) is 0. The molecule has 1 atom stereocenters. The molecule has 0 saturated carbocycles. The van der Waals surface area contributed by atoms with Crippen LogP contribution < -0.4 is 0 Å². The number of rotatable bonds is 64. The van der Waals surface area contributed by atoms with Crippen LogP contribution >= 0.6 is 0 Å².